The van der Waals surface area contributed by atoms with Crippen molar-refractivity contribution in [3.63, 3.8) is 0 Å². The second-order valence-corrected chi connectivity index (χ2v) is 5.06. The Morgan fingerprint density at radius 2 is 2.05 bits per heavy atom. The molecule has 0 atom stereocenters. The summed E-state index contributed by atoms with van der Waals surface area (Å²) < 4.78 is 5.54. The molecule has 7 heteroatoms. The van der Waals surface area contributed by atoms with E-state index in [-0.39, 0.29) is 12.5 Å². The molecule has 1 amide bonds. The zero-order chi connectivity index (χ0) is 14.5. The van der Waals surface area contributed by atoms with Crippen LogP contribution in [0, 0.1) is 0 Å². The lowest BCUT2D eigenvalue weighted by Crippen LogP contribution is -2.38. The summed E-state index contributed by atoms with van der Waals surface area (Å²) in [5.41, 5.74) is 0. The minimum atomic E-state index is 0.0633. The average molecular weight is 281 g/mol. The molecule has 0 unspecified atom stereocenters. The minimum Gasteiger partial charge on any atom is -0.407 e. The van der Waals surface area contributed by atoms with Gasteiger partial charge in [0.2, 0.25) is 11.8 Å². The molecule has 1 aromatic rings. The van der Waals surface area contributed by atoms with E-state index in [2.05, 4.69) is 15.5 Å². The molecule has 1 aromatic heterocycles. The lowest BCUT2D eigenvalue weighted by molar-refractivity contribution is -0.129. The van der Waals surface area contributed by atoms with Crippen molar-refractivity contribution < 1.29 is 9.21 Å². The van der Waals surface area contributed by atoms with Gasteiger partial charge in [0.05, 0.1) is 6.54 Å². The summed E-state index contributed by atoms with van der Waals surface area (Å²) in [6, 6.07) is 0.991. The number of rotatable bonds is 8. The predicted octanol–water partition coefficient (Wildman–Crippen LogP) is 0.626. The van der Waals surface area contributed by atoms with Gasteiger partial charge in [-0.15, -0.1) is 5.10 Å². The fraction of sp³-hybridized carbons (Fsp3) is 0.769. The van der Waals surface area contributed by atoms with Gasteiger partial charge in [-0.2, -0.15) is 0 Å². The Balaban J connectivity index is 1.84. The first-order chi connectivity index (χ1) is 9.63. The maximum absolute atomic E-state index is 12.0. The molecule has 112 valence electrons. The molecule has 0 aromatic carbocycles. The van der Waals surface area contributed by atoms with Crippen LogP contribution in [-0.2, 0) is 11.3 Å². The molecule has 0 spiro atoms. The van der Waals surface area contributed by atoms with E-state index in [4.69, 9.17) is 4.42 Å². The van der Waals surface area contributed by atoms with Crippen LogP contribution in [0.4, 0.5) is 6.01 Å². The number of nitrogens with one attached hydrogen (secondary N) is 1. The van der Waals surface area contributed by atoms with Gasteiger partial charge in [0.1, 0.15) is 6.54 Å². The van der Waals surface area contributed by atoms with Gasteiger partial charge >= 0.3 is 6.01 Å². The third-order valence-electron chi connectivity index (χ3n) is 3.39. The summed E-state index contributed by atoms with van der Waals surface area (Å²) in [7, 11) is 1.78. The zero-order valence-electron chi connectivity index (χ0n) is 12.4. The fourth-order valence-corrected chi connectivity index (χ4v) is 1.94. The summed E-state index contributed by atoms with van der Waals surface area (Å²) in [5, 5.41) is 11.3. The predicted molar refractivity (Wildman–Crippen MR) is 75.4 cm³/mol. The molecule has 1 aliphatic rings. The van der Waals surface area contributed by atoms with E-state index in [9.17, 15) is 4.79 Å². The summed E-state index contributed by atoms with van der Waals surface area (Å²) in [6.45, 7) is 6.20. The van der Waals surface area contributed by atoms with Crippen LogP contribution < -0.4 is 10.2 Å². The highest BCUT2D eigenvalue weighted by molar-refractivity contribution is 5.80. The van der Waals surface area contributed by atoms with Crippen molar-refractivity contribution in [2.75, 3.05) is 31.6 Å². The molecule has 1 N–H and O–H groups in total. The van der Waals surface area contributed by atoms with Gasteiger partial charge in [-0.05, 0) is 26.7 Å². The molecule has 1 heterocycles. The van der Waals surface area contributed by atoms with Gasteiger partial charge < -0.3 is 19.5 Å². The molecule has 7 nitrogen and oxygen atoms in total. The van der Waals surface area contributed by atoms with Gasteiger partial charge in [0.15, 0.2) is 0 Å². The quantitative estimate of drug-likeness (QED) is 0.753. The van der Waals surface area contributed by atoms with Crippen LogP contribution in [0.1, 0.15) is 32.6 Å². The van der Waals surface area contributed by atoms with Crippen molar-refractivity contribution >= 4 is 11.9 Å². The largest absolute Gasteiger partial charge is 0.407 e. The summed E-state index contributed by atoms with van der Waals surface area (Å²) >= 11 is 0. The first-order valence-corrected chi connectivity index (χ1v) is 7.18. The number of amides is 1. The first-order valence-electron chi connectivity index (χ1n) is 7.18. The minimum absolute atomic E-state index is 0.0633. The lowest BCUT2D eigenvalue weighted by Gasteiger charge is -2.21. The second kappa shape index (κ2) is 6.69. The smallest absolute Gasteiger partial charge is 0.318 e. The number of anilines is 1. The Morgan fingerprint density at radius 3 is 2.65 bits per heavy atom. The van der Waals surface area contributed by atoms with E-state index in [1.165, 1.54) is 12.8 Å². The van der Waals surface area contributed by atoms with Gasteiger partial charge in [-0.1, -0.05) is 5.10 Å². The van der Waals surface area contributed by atoms with Crippen LogP contribution >= 0.6 is 0 Å². The molecule has 0 aliphatic heterocycles. The Labute approximate surface area is 119 Å². The zero-order valence-corrected chi connectivity index (χ0v) is 12.4. The van der Waals surface area contributed by atoms with E-state index in [0.29, 0.717) is 37.6 Å². The van der Waals surface area contributed by atoms with Gasteiger partial charge in [-0.25, -0.2) is 0 Å². The summed E-state index contributed by atoms with van der Waals surface area (Å²) in [5.74, 6) is 0.627. The van der Waals surface area contributed by atoms with E-state index in [0.717, 1.165) is 0 Å². The normalized spacial score (nSPS) is 14.3. The highest BCUT2D eigenvalue weighted by Crippen LogP contribution is 2.19. The molecule has 2 rings (SSSR count). The topological polar surface area (TPSA) is 74.5 Å². The standard InChI is InChI=1S/C13H23N5O2/c1-4-18(5-2)12(19)9-17(3)13-16-15-11(20-13)8-14-10-6-7-10/h10,14H,4-9H2,1-3H3. The van der Waals surface area contributed by atoms with Crippen LogP contribution in [0.15, 0.2) is 4.42 Å². The van der Waals surface area contributed by atoms with Crippen molar-refractivity contribution in [1.29, 1.82) is 0 Å². The maximum Gasteiger partial charge on any atom is 0.318 e. The molecule has 20 heavy (non-hydrogen) atoms. The SMILES string of the molecule is CCN(CC)C(=O)CN(C)c1nnc(CNC2CC2)o1. The lowest BCUT2D eigenvalue weighted by atomic mass is 10.4. The Hall–Kier alpha value is -1.63. The Bertz CT molecular complexity index is 440. The highest BCUT2D eigenvalue weighted by atomic mass is 16.4. The van der Waals surface area contributed by atoms with Crippen molar-refractivity contribution in [3.8, 4) is 0 Å². The number of hydrogen-bond donors (Lipinski definition) is 1. The third kappa shape index (κ3) is 3.93. The average Bonchev–Trinajstić information content (AvgIpc) is 3.14. The number of nitrogens with zero attached hydrogens (tertiary/aromatic N) is 4. The van der Waals surface area contributed by atoms with Gasteiger partial charge in [0.25, 0.3) is 0 Å². The molecule has 0 radical (unpaired) electrons. The third-order valence-corrected chi connectivity index (χ3v) is 3.39. The monoisotopic (exact) mass is 281 g/mol. The Morgan fingerprint density at radius 1 is 1.35 bits per heavy atom. The van der Waals surface area contributed by atoms with Crippen molar-refractivity contribution in [2.45, 2.75) is 39.3 Å². The second-order valence-electron chi connectivity index (χ2n) is 5.06. The van der Waals surface area contributed by atoms with Gasteiger partial charge in [-0.3, -0.25) is 4.79 Å². The van der Waals surface area contributed by atoms with Crippen LogP contribution in [0.2, 0.25) is 0 Å². The molecule has 1 aliphatic carbocycles. The maximum atomic E-state index is 12.0. The van der Waals surface area contributed by atoms with E-state index in [1.807, 2.05) is 13.8 Å². The van der Waals surface area contributed by atoms with Crippen molar-refractivity contribution in [3.05, 3.63) is 5.89 Å². The first kappa shape index (κ1) is 14.8. The number of carbonyl (C=O) groups is 1. The van der Waals surface area contributed by atoms with Crippen LogP contribution in [0.3, 0.4) is 0 Å². The molecule has 0 bridgehead atoms. The highest BCUT2D eigenvalue weighted by Gasteiger charge is 2.22. The van der Waals surface area contributed by atoms with E-state index >= 15 is 0 Å². The van der Waals surface area contributed by atoms with Crippen molar-refractivity contribution in [2.24, 2.45) is 0 Å². The molecule has 0 saturated heterocycles. The number of hydrogen-bond acceptors (Lipinski definition) is 6. The van der Waals surface area contributed by atoms with E-state index < -0.39 is 0 Å². The van der Waals surface area contributed by atoms with Crippen LogP contribution in [0.5, 0.6) is 0 Å². The summed E-state index contributed by atoms with van der Waals surface area (Å²) in [4.78, 5) is 15.5. The summed E-state index contributed by atoms with van der Waals surface area (Å²) in [6.07, 6.45) is 2.44. The molecule has 1 fully saturated rings. The molecular formula is C13H23N5O2. The van der Waals surface area contributed by atoms with Crippen LogP contribution in [0.25, 0.3) is 0 Å². The number of carbonyl (C=O) groups excluding carboxylic acids is 1. The number of likely N-dealkylation sites (N-methyl/N-ethyl adjacent to an activating group) is 2. The fourth-order valence-electron chi connectivity index (χ4n) is 1.94. The molecular weight excluding hydrogens is 258 g/mol. The molecule has 1 saturated carbocycles. The van der Waals surface area contributed by atoms with E-state index in [1.54, 1.807) is 16.8 Å². The van der Waals surface area contributed by atoms with Gasteiger partial charge in [0, 0.05) is 26.2 Å². The number of aromatic nitrogens is 2. The Kier molecular flexibility index (Phi) is 4.94. The van der Waals surface area contributed by atoms with Crippen molar-refractivity contribution in [1.82, 2.24) is 20.4 Å². The van der Waals surface area contributed by atoms with Crippen LogP contribution in [-0.4, -0.2) is 53.7 Å².